The zero-order valence-corrected chi connectivity index (χ0v) is 18.0. The van der Waals surface area contributed by atoms with Crippen molar-refractivity contribution in [3.05, 3.63) is 58.1 Å². The van der Waals surface area contributed by atoms with Gasteiger partial charge >= 0.3 is 12.1 Å². The van der Waals surface area contributed by atoms with Crippen LogP contribution in [0.3, 0.4) is 0 Å². The number of rotatable bonds is 5. The molecule has 2 aromatic rings. The maximum Gasteiger partial charge on any atom is 0.416 e. The second kappa shape index (κ2) is 8.56. The Balaban J connectivity index is 1.73. The highest BCUT2D eigenvalue weighted by molar-refractivity contribution is 9.10. The minimum absolute atomic E-state index is 0.0189. The molecule has 0 spiro atoms. The van der Waals surface area contributed by atoms with Crippen LogP contribution in [0.1, 0.15) is 11.1 Å². The van der Waals surface area contributed by atoms with Crippen LogP contribution in [0.25, 0.3) is 0 Å². The lowest BCUT2D eigenvalue weighted by molar-refractivity contribution is -0.138. The Morgan fingerprint density at radius 1 is 1.07 bits per heavy atom. The molecular weight excluding hydrogens is 489 g/mol. The van der Waals surface area contributed by atoms with E-state index in [4.69, 9.17) is 5.11 Å². The van der Waals surface area contributed by atoms with Gasteiger partial charge in [-0.3, -0.25) is 4.79 Å². The Morgan fingerprint density at radius 2 is 1.73 bits per heavy atom. The molecule has 3 rings (SSSR count). The third-order valence-corrected chi connectivity index (χ3v) is 7.28. The van der Waals surface area contributed by atoms with Gasteiger partial charge in [-0.25, -0.2) is 8.42 Å². The predicted molar refractivity (Wildman–Crippen MR) is 108 cm³/mol. The highest BCUT2D eigenvalue weighted by Crippen LogP contribution is 2.35. The van der Waals surface area contributed by atoms with Crippen LogP contribution in [-0.2, 0) is 27.4 Å². The summed E-state index contributed by atoms with van der Waals surface area (Å²) in [6, 6.07) is 9.19. The second-order valence-electron chi connectivity index (χ2n) is 6.77. The van der Waals surface area contributed by atoms with E-state index < -0.39 is 27.7 Å². The van der Waals surface area contributed by atoms with Gasteiger partial charge in [-0.05, 0) is 51.8 Å². The van der Waals surface area contributed by atoms with E-state index in [1.54, 1.807) is 6.07 Å². The number of aliphatic carboxylic acids is 1. The fraction of sp³-hybridized carbons (Fsp3) is 0.316. The van der Waals surface area contributed by atoms with Crippen molar-refractivity contribution in [2.75, 3.05) is 31.1 Å². The summed E-state index contributed by atoms with van der Waals surface area (Å²) in [4.78, 5) is 12.7. The number of anilines is 1. The number of sulfonamides is 1. The first-order valence-electron chi connectivity index (χ1n) is 8.91. The van der Waals surface area contributed by atoms with Crippen LogP contribution in [0.2, 0.25) is 0 Å². The first kappa shape index (κ1) is 22.6. The Morgan fingerprint density at radius 3 is 2.30 bits per heavy atom. The molecule has 0 saturated carbocycles. The number of carbonyl (C=O) groups is 1. The molecule has 0 radical (unpaired) electrons. The van der Waals surface area contributed by atoms with E-state index in [2.05, 4.69) is 15.9 Å². The molecule has 11 heteroatoms. The standard InChI is InChI=1S/C19H18BrF3N2O4S/c20-16-12-14(19(21,22)23)4-5-17(16)24-6-8-25(9-7-24)30(28,29)15-3-1-2-13(10-15)11-18(26)27/h1-5,10,12H,6-9,11H2,(H,26,27). The minimum atomic E-state index is -4.44. The lowest BCUT2D eigenvalue weighted by Gasteiger charge is -2.36. The van der Waals surface area contributed by atoms with Crippen molar-refractivity contribution in [2.24, 2.45) is 0 Å². The molecule has 1 aliphatic heterocycles. The molecule has 30 heavy (non-hydrogen) atoms. The normalized spacial score (nSPS) is 15.9. The number of benzene rings is 2. The largest absolute Gasteiger partial charge is 0.481 e. The average Bonchev–Trinajstić information content (AvgIpc) is 2.67. The van der Waals surface area contributed by atoms with Gasteiger partial charge in [0.2, 0.25) is 10.0 Å². The lowest BCUT2D eigenvalue weighted by atomic mass is 10.2. The first-order valence-corrected chi connectivity index (χ1v) is 11.1. The van der Waals surface area contributed by atoms with Crippen molar-refractivity contribution in [3.63, 3.8) is 0 Å². The van der Waals surface area contributed by atoms with E-state index in [0.717, 1.165) is 12.1 Å². The number of alkyl halides is 3. The van der Waals surface area contributed by atoms with Gasteiger partial charge in [0.05, 0.1) is 22.6 Å². The molecule has 0 atom stereocenters. The monoisotopic (exact) mass is 506 g/mol. The van der Waals surface area contributed by atoms with Gasteiger partial charge in [-0.15, -0.1) is 0 Å². The maximum absolute atomic E-state index is 12.9. The summed E-state index contributed by atoms with van der Waals surface area (Å²) in [5.74, 6) is -1.06. The van der Waals surface area contributed by atoms with Gasteiger partial charge in [0, 0.05) is 30.7 Å². The van der Waals surface area contributed by atoms with E-state index >= 15 is 0 Å². The van der Waals surface area contributed by atoms with E-state index in [0.29, 0.717) is 24.3 Å². The Kier molecular flexibility index (Phi) is 6.44. The van der Waals surface area contributed by atoms with Crippen molar-refractivity contribution >= 4 is 37.6 Å². The van der Waals surface area contributed by atoms with E-state index in [9.17, 15) is 26.4 Å². The number of hydrogen-bond donors (Lipinski definition) is 1. The highest BCUT2D eigenvalue weighted by Gasteiger charge is 2.32. The van der Waals surface area contributed by atoms with Crippen LogP contribution in [-0.4, -0.2) is 50.0 Å². The molecule has 0 unspecified atom stereocenters. The molecule has 0 aliphatic carbocycles. The third-order valence-electron chi connectivity index (χ3n) is 4.75. The average molecular weight is 507 g/mol. The summed E-state index contributed by atoms with van der Waals surface area (Å²) >= 11 is 3.17. The number of halogens is 4. The fourth-order valence-electron chi connectivity index (χ4n) is 3.25. The second-order valence-corrected chi connectivity index (χ2v) is 9.57. The Bertz CT molecular complexity index is 1050. The summed E-state index contributed by atoms with van der Waals surface area (Å²) in [5.41, 5.74) is 0.181. The van der Waals surface area contributed by atoms with Crippen LogP contribution in [0.4, 0.5) is 18.9 Å². The smallest absolute Gasteiger partial charge is 0.416 e. The third kappa shape index (κ3) is 4.96. The van der Waals surface area contributed by atoms with Crippen LogP contribution >= 0.6 is 15.9 Å². The molecule has 1 fully saturated rings. The van der Waals surface area contributed by atoms with Gasteiger partial charge in [-0.1, -0.05) is 12.1 Å². The van der Waals surface area contributed by atoms with Crippen molar-refractivity contribution < 1.29 is 31.5 Å². The molecule has 6 nitrogen and oxygen atoms in total. The van der Waals surface area contributed by atoms with Crippen LogP contribution < -0.4 is 4.90 Å². The van der Waals surface area contributed by atoms with Crippen LogP contribution in [0.15, 0.2) is 51.8 Å². The molecule has 162 valence electrons. The zero-order chi connectivity index (χ0) is 22.1. The van der Waals surface area contributed by atoms with Crippen LogP contribution in [0, 0.1) is 0 Å². The molecule has 1 heterocycles. The van der Waals surface area contributed by atoms with Crippen molar-refractivity contribution in [1.29, 1.82) is 0 Å². The summed E-state index contributed by atoms with van der Waals surface area (Å²) in [6.45, 7) is 0.911. The van der Waals surface area contributed by atoms with Crippen LogP contribution in [0.5, 0.6) is 0 Å². The summed E-state index contributed by atoms with van der Waals surface area (Å²) in [5, 5.41) is 8.90. The summed E-state index contributed by atoms with van der Waals surface area (Å²) in [7, 11) is -3.81. The topological polar surface area (TPSA) is 77.9 Å². The zero-order valence-electron chi connectivity index (χ0n) is 15.6. The molecule has 0 aromatic heterocycles. The van der Waals surface area contributed by atoms with Gasteiger partial charge in [0.1, 0.15) is 0 Å². The van der Waals surface area contributed by atoms with E-state index in [1.807, 2.05) is 4.90 Å². The molecule has 0 amide bonds. The quantitative estimate of drug-likeness (QED) is 0.670. The molecule has 0 bridgehead atoms. The number of carboxylic acids is 1. The highest BCUT2D eigenvalue weighted by atomic mass is 79.9. The first-order chi connectivity index (χ1) is 14.0. The Labute approximate surface area is 180 Å². The van der Waals surface area contributed by atoms with Gasteiger partial charge < -0.3 is 10.0 Å². The SMILES string of the molecule is O=C(O)Cc1cccc(S(=O)(=O)N2CCN(c3ccc(C(F)(F)F)cc3Br)CC2)c1. The van der Waals surface area contributed by atoms with E-state index in [1.165, 1.54) is 28.6 Å². The van der Waals surface area contributed by atoms with Gasteiger partial charge in [0.25, 0.3) is 0 Å². The minimum Gasteiger partial charge on any atom is -0.481 e. The van der Waals surface area contributed by atoms with Crippen molar-refractivity contribution in [1.82, 2.24) is 4.31 Å². The van der Waals surface area contributed by atoms with E-state index in [-0.39, 0.29) is 28.9 Å². The molecule has 2 aromatic carbocycles. The molecule has 1 saturated heterocycles. The maximum atomic E-state index is 12.9. The molecular formula is C19H18BrF3N2O4S. The van der Waals surface area contributed by atoms with Gasteiger partial charge in [0.15, 0.2) is 0 Å². The fourth-order valence-corrected chi connectivity index (χ4v) is 5.37. The number of nitrogens with zero attached hydrogens (tertiary/aromatic N) is 2. The van der Waals surface area contributed by atoms with Crippen molar-refractivity contribution in [3.8, 4) is 0 Å². The number of hydrogen-bond acceptors (Lipinski definition) is 4. The Hall–Kier alpha value is -2.11. The number of carboxylic acid groups (broad SMARTS) is 1. The predicted octanol–water partition coefficient (Wildman–Crippen LogP) is 3.61. The summed E-state index contributed by atoms with van der Waals surface area (Å²) in [6.07, 6.45) is -4.72. The van der Waals surface area contributed by atoms with Crippen molar-refractivity contribution in [2.45, 2.75) is 17.5 Å². The van der Waals surface area contributed by atoms with Gasteiger partial charge in [-0.2, -0.15) is 17.5 Å². The molecule has 1 N–H and O–H groups in total. The lowest BCUT2D eigenvalue weighted by Crippen LogP contribution is -2.48. The summed E-state index contributed by atoms with van der Waals surface area (Å²) < 4.78 is 65.9. The molecule has 1 aliphatic rings. The number of piperazine rings is 1.